The van der Waals surface area contributed by atoms with Crippen molar-refractivity contribution in [3.8, 4) is 11.6 Å². The fourth-order valence-corrected chi connectivity index (χ4v) is 1.76. The summed E-state index contributed by atoms with van der Waals surface area (Å²) in [7, 11) is 0. The van der Waals surface area contributed by atoms with Crippen LogP contribution in [0.25, 0.3) is 0 Å². The lowest BCUT2D eigenvalue weighted by Gasteiger charge is -2.10. The van der Waals surface area contributed by atoms with Crippen molar-refractivity contribution in [2.24, 2.45) is 0 Å². The van der Waals surface area contributed by atoms with E-state index in [1.54, 1.807) is 19.1 Å². The number of ether oxygens (including phenoxy) is 1. The van der Waals surface area contributed by atoms with Gasteiger partial charge in [0.25, 0.3) is 0 Å². The van der Waals surface area contributed by atoms with Crippen LogP contribution in [-0.2, 0) is 0 Å². The van der Waals surface area contributed by atoms with Gasteiger partial charge in [0, 0.05) is 6.20 Å². The Hall–Kier alpha value is -2.36. The Morgan fingerprint density at radius 3 is 2.47 bits per heavy atom. The van der Waals surface area contributed by atoms with Gasteiger partial charge in [-0.2, -0.15) is 0 Å². The molecular formula is C15H15NO3. The first-order chi connectivity index (χ1) is 8.99. The summed E-state index contributed by atoms with van der Waals surface area (Å²) in [5.74, 6) is -0.330. The Labute approximate surface area is 111 Å². The number of rotatable bonds is 3. The molecule has 0 aliphatic heterocycles. The van der Waals surface area contributed by atoms with Crippen LogP contribution in [0.3, 0.4) is 0 Å². The van der Waals surface area contributed by atoms with Crippen LogP contribution in [0.15, 0.2) is 30.5 Å². The smallest absolute Gasteiger partial charge is 0.341 e. The van der Waals surface area contributed by atoms with E-state index in [2.05, 4.69) is 4.98 Å². The normalized spacial score (nSPS) is 10.3. The van der Waals surface area contributed by atoms with Gasteiger partial charge in [0.2, 0.25) is 5.88 Å². The molecule has 0 saturated carbocycles. The summed E-state index contributed by atoms with van der Waals surface area (Å²) in [4.78, 5) is 15.2. The average Bonchev–Trinajstić information content (AvgIpc) is 2.33. The number of carbonyl (C=O) groups is 1. The van der Waals surface area contributed by atoms with Gasteiger partial charge in [-0.1, -0.05) is 6.07 Å². The van der Waals surface area contributed by atoms with Gasteiger partial charge in [-0.15, -0.1) is 0 Å². The molecule has 1 N–H and O–H groups in total. The predicted molar refractivity (Wildman–Crippen MR) is 71.9 cm³/mol. The molecule has 0 atom stereocenters. The molecule has 2 aromatic rings. The first-order valence-corrected chi connectivity index (χ1v) is 5.93. The molecule has 0 unspecified atom stereocenters. The highest BCUT2D eigenvalue weighted by molar-refractivity contribution is 5.91. The van der Waals surface area contributed by atoms with Gasteiger partial charge in [0.15, 0.2) is 0 Å². The molecule has 4 heteroatoms. The van der Waals surface area contributed by atoms with Crippen LogP contribution in [0, 0.1) is 20.8 Å². The van der Waals surface area contributed by atoms with Crippen molar-refractivity contribution >= 4 is 5.97 Å². The minimum Gasteiger partial charge on any atom is -0.477 e. The number of pyridine rings is 1. The second kappa shape index (κ2) is 5.10. The second-order valence-electron chi connectivity index (χ2n) is 4.46. The van der Waals surface area contributed by atoms with Crippen molar-refractivity contribution in [1.82, 2.24) is 4.98 Å². The molecule has 0 aliphatic carbocycles. The fraction of sp³-hybridized carbons (Fsp3) is 0.200. The monoisotopic (exact) mass is 257 g/mol. The Morgan fingerprint density at radius 1 is 1.11 bits per heavy atom. The Balaban J connectivity index is 2.40. The standard InChI is InChI=1S/C15H15NO3/c1-9-4-5-12(8-11(9)3)19-14-13(15(17)18)10(2)6-7-16-14/h4-8H,1-3H3,(H,17,18). The van der Waals surface area contributed by atoms with Crippen molar-refractivity contribution in [2.75, 3.05) is 0 Å². The number of aromatic nitrogens is 1. The molecular weight excluding hydrogens is 242 g/mol. The van der Waals surface area contributed by atoms with Gasteiger partial charge in [0.05, 0.1) is 0 Å². The van der Waals surface area contributed by atoms with E-state index in [9.17, 15) is 9.90 Å². The van der Waals surface area contributed by atoms with E-state index in [1.165, 1.54) is 6.20 Å². The molecule has 0 radical (unpaired) electrons. The maximum Gasteiger partial charge on any atom is 0.341 e. The number of nitrogens with zero attached hydrogens (tertiary/aromatic N) is 1. The first-order valence-electron chi connectivity index (χ1n) is 5.93. The highest BCUT2D eigenvalue weighted by Gasteiger charge is 2.16. The summed E-state index contributed by atoms with van der Waals surface area (Å²) < 4.78 is 5.60. The Kier molecular flexibility index (Phi) is 3.51. The molecule has 1 aromatic heterocycles. The lowest BCUT2D eigenvalue weighted by molar-refractivity contribution is 0.0692. The van der Waals surface area contributed by atoms with Gasteiger partial charge in [-0.05, 0) is 55.7 Å². The molecule has 19 heavy (non-hydrogen) atoms. The van der Waals surface area contributed by atoms with Crippen LogP contribution in [0.1, 0.15) is 27.0 Å². The zero-order chi connectivity index (χ0) is 14.0. The van der Waals surface area contributed by atoms with E-state index >= 15 is 0 Å². The van der Waals surface area contributed by atoms with Crippen LogP contribution in [0.4, 0.5) is 0 Å². The number of hydrogen-bond donors (Lipinski definition) is 1. The van der Waals surface area contributed by atoms with Gasteiger partial charge < -0.3 is 9.84 Å². The van der Waals surface area contributed by atoms with Crippen LogP contribution in [0.2, 0.25) is 0 Å². The zero-order valence-electron chi connectivity index (χ0n) is 11.1. The van der Waals surface area contributed by atoms with E-state index in [0.717, 1.165) is 11.1 Å². The number of aromatic carboxylic acids is 1. The number of aryl methyl sites for hydroxylation is 3. The average molecular weight is 257 g/mol. The van der Waals surface area contributed by atoms with E-state index in [0.29, 0.717) is 11.3 Å². The number of carboxylic acid groups (broad SMARTS) is 1. The van der Waals surface area contributed by atoms with Crippen molar-refractivity contribution in [3.63, 3.8) is 0 Å². The molecule has 4 nitrogen and oxygen atoms in total. The topological polar surface area (TPSA) is 59.4 Å². The largest absolute Gasteiger partial charge is 0.477 e. The van der Waals surface area contributed by atoms with E-state index in [-0.39, 0.29) is 11.4 Å². The van der Waals surface area contributed by atoms with Gasteiger partial charge in [-0.25, -0.2) is 9.78 Å². The quantitative estimate of drug-likeness (QED) is 0.914. The zero-order valence-corrected chi connectivity index (χ0v) is 11.1. The fourth-order valence-electron chi connectivity index (χ4n) is 1.76. The molecule has 0 amide bonds. The summed E-state index contributed by atoms with van der Waals surface area (Å²) in [6.45, 7) is 5.70. The van der Waals surface area contributed by atoms with Gasteiger partial charge in [0.1, 0.15) is 11.3 Å². The minimum absolute atomic E-state index is 0.0979. The van der Waals surface area contributed by atoms with Crippen LogP contribution in [0.5, 0.6) is 11.6 Å². The molecule has 98 valence electrons. The number of carboxylic acids is 1. The molecule has 0 spiro atoms. The highest BCUT2D eigenvalue weighted by atomic mass is 16.5. The molecule has 0 bridgehead atoms. The summed E-state index contributed by atoms with van der Waals surface area (Å²) in [6, 6.07) is 7.25. The first kappa shape index (κ1) is 13.1. The third kappa shape index (κ3) is 2.73. The summed E-state index contributed by atoms with van der Waals surface area (Å²) in [6.07, 6.45) is 1.54. The van der Waals surface area contributed by atoms with Crippen molar-refractivity contribution < 1.29 is 14.6 Å². The Bertz CT molecular complexity index is 635. The minimum atomic E-state index is -1.04. The van der Waals surface area contributed by atoms with E-state index in [1.807, 2.05) is 26.0 Å². The van der Waals surface area contributed by atoms with E-state index in [4.69, 9.17) is 4.74 Å². The van der Waals surface area contributed by atoms with Crippen LogP contribution >= 0.6 is 0 Å². The van der Waals surface area contributed by atoms with Crippen molar-refractivity contribution in [1.29, 1.82) is 0 Å². The Morgan fingerprint density at radius 2 is 1.84 bits per heavy atom. The molecule has 1 aromatic carbocycles. The van der Waals surface area contributed by atoms with Crippen LogP contribution < -0.4 is 4.74 Å². The van der Waals surface area contributed by atoms with Gasteiger partial charge >= 0.3 is 5.97 Å². The maximum atomic E-state index is 11.2. The second-order valence-corrected chi connectivity index (χ2v) is 4.46. The van der Waals surface area contributed by atoms with E-state index < -0.39 is 5.97 Å². The van der Waals surface area contributed by atoms with Crippen molar-refractivity contribution in [2.45, 2.75) is 20.8 Å². The summed E-state index contributed by atoms with van der Waals surface area (Å²) >= 11 is 0. The third-order valence-corrected chi connectivity index (χ3v) is 3.03. The summed E-state index contributed by atoms with van der Waals surface area (Å²) in [5, 5.41) is 9.20. The molecule has 0 aliphatic rings. The lowest BCUT2D eigenvalue weighted by atomic mass is 10.1. The molecule has 2 rings (SSSR count). The molecule has 0 saturated heterocycles. The predicted octanol–water partition coefficient (Wildman–Crippen LogP) is 3.50. The van der Waals surface area contributed by atoms with Gasteiger partial charge in [-0.3, -0.25) is 0 Å². The third-order valence-electron chi connectivity index (χ3n) is 3.03. The molecule has 0 fully saturated rings. The SMILES string of the molecule is Cc1ccc(Oc2nccc(C)c2C(=O)O)cc1C. The lowest BCUT2D eigenvalue weighted by Crippen LogP contribution is -2.04. The van der Waals surface area contributed by atoms with Crippen LogP contribution in [-0.4, -0.2) is 16.1 Å². The number of hydrogen-bond acceptors (Lipinski definition) is 3. The van der Waals surface area contributed by atoms with Crippen molar-refractivity contribution in [3.05, 3.63) is 52.7 Å². The molecule has 1 heterocycles. The summed E-state index contributed by atoms with van der Waals surface area (Å²) in [5.41, 5.74) is 2.96. The maximum absolute atomic E-state index is 11.2. The highest BCUT2D eigenvalue weighted by Crippen LogP contribution is 2.26. The number of benzene rings is 1.